The number of hydrogen-bond donors (Lipinski definition) is 1. The quantitative estimate of drug-likeness (QED) is 0.844. The van der Waals surface area contributed by atoms with Crippen LogP contribution >= 0.6 is 0 Å². The maximum absolute atomic E-state index is 5.59. The predicted octanol–water partition coefficient (Wildman–Crippen LogP) is 2.02. The topological polar surface area (TPSA) is 24.5 Å². The Morgan fingerprint density at radius 1 is 1.16 bits per heavy atom. The summed E-state index contributed by atoms with van der Waals surface area (Å²) in [6, 6.07) is 0.786. The summed E-state index contributed by atoms with van der Waals surface area (Å²) < 4.78 is 5.59. The first-order valence-electron chi connectivity index (χ1n) is 8.42. The maximum atomic E-state index is 5.59. The summed E-state index contributed by atoms with van der Waals surface area (Å²) in [5, 5.41) is 3.90. The van der Waals surface area contributed by atoms with Crippen molar-refractivity contribution in [3.63, 3.8) is 0 Å². The van der Waals surface area contributed by atoms with E-state index in [2.05, 4.69) is 10.2 Å². The molecule has 2 aliphatic carbocycles. The van der Waals surface area contributed by atoms with Crippen molar-refractivity contribution in [3.8, 4) is 0 Å². The molecule has 3 nitrogen and oxygen atoms in total. The van der Waals surface area contributed by atoms with E-state index in [4.69, 9.17) is 4.74 Å². The van der Waals surface area contributed by atoms with Crippen LogP contribution in [-0.4, -0.2) is 49.3 Å². The Balaban J connectivity index is 1.46. The van der Waals surface area contributed by atoms with Crippen LogP contribution in [-0.2, 0) is 4.74 Å². The lowest BCUT2D eigenvalue weighted by Gasteiger charge is -2.49. The molecule has 0 aromatic rings. The molecule has 2 atom stereocenters. The molecule has 3 heteroatoms. The number of nitrogens with one attached hydrogen (secondary N) is 1. The molecule has 2 aliphatic heterocycles. The Morgan fingerprint density at radius 3 is 2.68 bits per heavy atom. The van der Waals surface area contributed by atoms with Gasteiger partial charge in [-0.05, 0) is 43.9 Å². The number of nitrogens with zero attached hydrogens (tertiary/aromatic N) is 1. The van der Waals surface area contributed by atoms with Crippen LogP contribution in [0.5, 0.6) is 0 Å². The maximum Gasteiger partial charge on any atom is 0.0507 e. The summed E-state index contributed by atoms with van der Waals surface area (Å²) in [6.07, 6.45) is 9.93. The van der Waals surface area contributed by atoms with Gasteiger partial charge in [-0.15, -0.1) is 0 Å². The second kappa shape index (κ2) is 5.01. The van der Waals surface area contributed by atoms with Crippen LogP contribution in [0, 0.1) is 11.8 Å². The molecular weight excluding hydrogens is 236 g/mol. The molecule has 1 N–H and O–H groups in total. The van der Waals surface area contributed by atoms with Crippen LogP contribution in [0.2, 0.25) is 0 Å². The highest BCUT2D eigenvalue weighted by atomic mass is 16.5. The minimum Gasteiger partial charge on any atom is -0.381 e. The van der Waals surface area contributed by atoms with Gasteiger partial charge >= 0.3 is 0 Å². The highest BCUT2D eigenvalue weighted by Gasteiger charge is 2.46. The highest BCUT2D eigenvalue weighted by molar-refractivity contribution is 5.04. The minimum absolute atomic E-state index is 0.508. The molecule has 4 fully saturated rings. The fraction of sp³-hybridized carbons (Fsp3) is 1.00. The van der Waals surface area contributed by atoms with Gasteiger partial charge < -0.3 is 10.1 Å². The molecule has 19 heavy (non-hydrogen) atoms. The first-order valence-corrected chi connectivity index (χ1v) is 8.42. The molecular formula is C16H28N2O. The molecule has 4 aliphatic rings. The number of ether oxygens (including phenoxy) is 1. The Kier molecular flexibility index (Phi) is 3.33. The van der Waals surface area contributed by atoms with Gasteiger partial charge in [-0.25, -0.2) is 0 Å². The first kappa shape index (κ1) is 12.6. The van der Waals surface area contributed by atoms with Crippen molar-refractivity contribution in [1.29, 1.82) is 0 Å². The Labute approximate surface area is 117 Å². The first-order chi connectivity index (χ1) is 9.36. The molecule has 0 aromatic carbocycles. The molecule has 1 spiro atoms. The summed E-state index contributed by atoms with van der Waals surface area (Å²) in [7, 11) is 0. The summed E-state index contributed by atoms with van der Waals surface area (Å²) in [5.41, 5.74) is 0.508. The molecule has 2 unspecified atom stereocenters. The van der Waals surface area contributed by atoms with E-state index < -0.39 is 0 Å². The molecule has 0 amide bonds. The van der Waals surface area contributed by atoms with Crippen LogP contribution in [0.15, 0.2) is 0 Å². The van der Waals surface area contributed by atoms with Gasteiger partial charge in [0.1, 0.15) is 0 Å². The molecule has 108 valence electrons. The minimum atomic E-state index is 0.508. The molecule has 2 saturated carbocycles. The van der Waals surface area contributed by atoms with Crippen LogP contribution in [0.3, 0.4) is 0 Å². The van der Waals surface area contributed by atoms with Crippen LogP contribution in [0.25, 0.3) is 0 Å². The van der Waals surface area contributed by atoms with Gasteiger partial charge in [0.15, 0.2) is 0 Å². The van der Waals surface area contributed by atoms with Gasteiger partial charge in [-0.3, -0.25) is 4.90 Å². The van der Waals surface area contributed by atoms with Gasteiger partial charge in [0.2, 0.25) is 0 Å². The van der Waals surface area contributed by atoms with E-state index in [1.54, 1.807) is 0 Å². The SMILES string of the molecule is C1CCC2(C1)CNC(C1CC1)CN2CC1CCOC1. The normalized spacial score (nSPS) is 39.2. The van der Waals surface area contributed by atoms with Gasteiger partial charge in [0.25, 0.3) is 0 Å². The fourth-order valence-corrected chi connectivity index (χ4v) is 4.58. The summed E-state index contributed by atoms with van der Waals surface area (Å²) in [6.45, 7) is 5.86. The third kappa shape index (κ3) is 2.45. The van der Waals surface area contributed by atoms with Crippen molar-refractivity contribution >= 4 is 0 Å². The molecule has 4 rings (SSSR count). The highest BCUT2D eigenvalue weighted by Crippen LogP contribution is 2.41. The summed E-state index contributed by atoms with van der Waals surface area (Å²) in [4.78, 5) is 2.89. The van der Waals surface area contributed by atoms with E-state index in [0.29, 0.717) is 5.54 Å². The lowest BCUT2D eigenvalue weighted by Crippen LogP contribution is -2.64. The average Bonchev–Trinajstić information content (AvgIpc) is 2.95. The Hall–Kier alpha value is -0.120. The third-order valence-electron chi connectivity index (χ3n) is 6.01. The zero-order valence-electron chi connectivity index (χ0n) is 12.1. The van der Waals surface area contributed by atoms with E-state index in [1.165, 1.54) is 64.6 Å². The zero-order valence-corrected chi connectivity index (χ0v) is 12.1. The monoisotopic (exact) mass is 264 g/mol. The predicted molar refractivity (Wildman–Crippen MR) is 76.2 cm³/mol. The second-order valence-electron chi connectivity index (χ2n) is 7.39. The second-order valence-corrected chi connectivity index (χ2v) is 7.39. The standard InChI is InChI=1S/C16H28N2O/c1-2-7-16(6-1)12-17-15(14-3-4-14)10-18(16)9-13-5-8-19-11-13/h13-15,17H,1-12H2. The molecule has 0 radical (unpaired) electrons. The zero-order chi connectivity index (χ0) is 12.7. The number of rotatable bonds is 3. The van der Waals surface area contributed by atoms with Crippen molar-refractivity contribution in [3.05, 3.63) is 0 Å². The largest absolute Gasteiger partial charge is 0.381 e. The van der Waals surface area contributed by atoms with E-state index in [0.717, 1.165) is 31.1 Å². The lowest BCUT2D eigenvalue weighted by atomic mass is 9.88. The summed E-state index contributed by atoms with van der Waals surface area (Å²) in [5.74, 6) is 1.79. The van der Waals surface area contributed by atoms with E-state index in [9.17, 15) is 0 Å². The third-order valence-corrected chi connectivity index (χ3v) is 6.01. The van der Waals surface area contributed by atoms with Crippen LogP contribution in [0.1, 0.15) is 44.9 Å². The Morgan fingerprint density at radius 2 is 2.00 bits per heavy atom. The van der Waals surface area contributed by atoms with Crippen molar-refractivity contribution < 1.29 is 4.74 Å². The van der Waals surface area contributed by atoms with Gasteiger partial charge in [-0.1, -0.05) is 12.8 Å². The van der Waals surface area contributed by atoms with Gasteiger partial charge in [0.05, 0.1) is 6.61 Å². The Bertz CT molecular complexity index is 315. The molecule has 0 aromatic heterocycles. The van der Waals surface area contributed by atoms with E-state index in [-0.39, 0.29) is 0 Å². The molecule has 0 bridgehead atoms. The molecule has 2 heterocycles. The molecule has 2 saturated heterocycles. The fourth-order valence-electron chi connectivity index (χ4n) is 4.58. The van der Waals surface area contributed by atoms with Gasteiger partial charge in [-0.2, -0.15) is 0 Å². The van der Waals surface area contributed by atoms with Crippen molar-refractivity contribution in [2.75, 3.05) is 32.8 Å². The van der Waals surface area contributed by atoms with Gasteiger partial charge in [0, 0.05) is 37.8 Å². The van der Waals surface area contributed by atoms with Crippen LogP contribution in [0.4, 0.5) is 0 Å². The van der Waals surface area contributed by atoms with Crippen molar-refractivity contribution in [2.45, 2.75) is 56.5 Å². The van der Waals surface area contributed by atoms with Crippen molar-refractivity contribution in [1.82, 2.24) is 10.2 Å². The van der Waals surface area contributed by atoms with E-state index in [1.807, 2.05) is 0 Å². The number of piperazine rings is 1. The van der Waals surface area contributed by atoms with E-state index >= 15 is 0 Å². The lowest BCUT2D eigenvalue weighted by molar-refractivity contribution is 0.0233. The average molecular weight is 264 g/mol. The van der Waals surface area contributed by atoms with Crippen molar-refractivity contribution in [2.24, 2.45) is 11.8 Å². The van der Waals surface area contributed by atoms with Crippen LogP contribution < -0.4 is 5.32 Å². The summed E-state index contributed by atoms with van der Waals surface area (Å²) >= 11 is 0. The smallest absolute Gasteiger partial charge is 0.0507 e. The number of hydrogen-bond acceptors (Lipinski definition) is 3.